The molecule has 0 bridgehead atoms. The van der Waals surface area contributed by atoms with Crippen LogP contribution in [0.4, 0.5) is 4.39 Å². The number of aromatic amines is 1. The summed E-state index contributed by atoms with van der Waals surface area (Å²) in [5, 5.41) is 8.86. The molecule has 1 amide bonds. The number of hydrogen-bond acceptors (Lipinski definition) is 3. The second-order valence-electron chi connectivity index (χ2n) is 6.65. The lowest BCUT2D eigenvalue weighted by Crippen LogP contribution is -2.32. The van der Waals surface area contributed by atoms with Gasteiger partial charge in [0.2, 0.25) is 0 Å². The van der Waals surface area contributed by atoms with E-state index in [4.69, 9.17) is 0 Å². The summed E-state index contributed by atoms with van der Waals surface area (Å²) in [6, 6.07) is 8.39. The lowest BCUT2D eigenvalue weighted by molar-refractivity contribution is 0.0920. The van der Waals surface area contributed by atoms with Crippen molar-refractivity contribution >= 4 is 5.91 Å². The smallest absolute Gasteiger partial charge is 0.272 e. The fraction of sp³-hybridized carbons (Fsp3) is 0.353. The lowest BCUT2D eigenvalue weighted by Gasteiger charge is -2.27. The summed E-state index contributed by atoms with van der Waals surface area (Å²) in [5.74, 6) is -0.711. The highest BCUT2D eigenvalue weighted by Crippen LogP contribution is 2.29. The maximum Gasteiger partial charge on any atom is 0.272 e. The van der Waals surface area contributed by atoms with Gasteiger partial charge >= 0.3 is 0 Å². The van der Waals surface area contributed by atoms with E-state index in [2.05, 4.69) is 36.3 Å². The predicted molar refractivity (Wildman–Crippen MR) is 85.5 cm³/mol. The van der Waals surface area contributed by atoms with E-state index in [0.29, 0.717) is 6.42 Å². The molecule has 122 valence electrons. The summed E-state index contributed by atoms with van der Waals surface area (Å²) < 4.78 is 13.1. The first kappa shape index (κ1) is 16.9. The SMILES string of the molecule is CC(C)(C)C[C@@H](NC(=O)c1ccc(=O)[nH]n1)c1ccc(F)cc1. The van der Waals surface area contributed by atoms with Crippen LogP contribution in [0.3, 0.4) is 0 Å². The normalized spacial score (nSPS) is 12.7. The van der Waals surface area contributed by atoms with E-state index in [1.807, 2.05) is 0 Å². The number of benzene rings is 1. The van der Waals surface area contributed by atoms with E-state index in [9.17, 15) is 14.0 Å². The van der Waals surface area contributed by atoms with Gasteiger partial charge in [0, 0.05) is 6.07 Å². The van der Waals surface area contributed by atoms with Gasteiger partial charge in [-0.2, -0.15) is 5.10 Å². The Bertz CT molecular complexity index is 712. The Morgan fingerprint density at radius 3 is 2.39 bits per heavy atom. The zero-order chi connectivity index (χ0) is 17.0. The number of H-pyrrole nitrogens is 1. The van der Waals surface area contributed by atoms with Crippen molar-refractivity contribution in [3.63, 3.8) is 0 Å². The van der Waals surface area contributed by atoms with Crippen LogP contribution in [0.25, 0.3) is 0 Å². The molecule has 5 nitrogen and oxygen atoms in total. The van der Waals surface area contributed by atoms with E-state index < -0.39 is 0 Å². The molecule has 0 saturated heterocycles. The van der Waals surface area contributed by atoms with Crippen LogP contribution in [0.5, 0.6) is 0 Å². The molecule has 1 aromatic heterocycles. The average Bonchev–Trinajstić information content (AvgIpc) is 2.46. The highest BCUT2D eigenvalue weighted by molar-refractivity contribution is 5.92. The second-order valence-corrected chi connectivity index (χ2v) is 6.65. The minimum absolute atomic E-state index is 0.0369. The van der Waals surface area contributed by atoms with E-state index in [0.717, 1.165) is 5.56 Å². The van der Waals surface area contributed by atoms with Crippen molar-refractivity contribution in [1.82, 2.24) is 15.5 Å². The Morgan fingerprint density at radius 1 is 1.22 bits per heavy atom. The van der Waals surface area contributed by atoms with Crippen molar-refractivity contribution in [2.45, 2.75) is 33.2 Å². The summed E-state index contributed by atoms with van der Waals surface area (Å²) in [4.78, 5) is 23.3. The standard InChI is InChI=1S/C17H20FN3O2/c1-17(2,3)10-14(11-4-6-12(18)7-5-11)19-16(23)13-8-9-15(22)21-20-13/h4-9,14H,10H2,1-3H3,(H,19,23)(H,21,22)/t14-/m1/s1. The molecule has 1 aromatic carbocycles. The summed E-state index contributed by atoms with van der Waals surface area (Å²) in [6.07, 6.45) is 0.674. The van der Waals surface area contributed by atoms with Crippen LogP contribution < -0.4 is 10.9 Å². The van der Waals surface area contributed by atoms with Crippen LogP contribution in [-0.2, 0) is 0 Å². The highest BCUT2D eigenvalue weighted by atomic mass is 19.1. The maximum atomic E-state index is 13.1. The molecule has 0 aliphatic rings. The van der Waals surface area contributed by atoms with Gasteiger partial charge in [0.1, 0.15) is 11.5 Å². The highest BCUT2D eigenvalue weighted by Gasteiger charge is 2.23. The topological polar surface area (TPSA) is 74.8 Å². The quantitative estimate of drug-likeness (QED) is 0.910. The number of rotatable bonds is 4. The minimum Gasteiger partial charge on any atom is -0.344 e. The Hall–Kier alpha value is -2.50. The van der Waals surface area contributed by atoms with Crippen LogP contribution in [-0.4, -0.2) is 16.1 Å². The number of nitrogens with zero attached hydrogens (tertiary/aromatic N) is 1. The molecule has 1 heterocycles. The number of aromatic nitrogens is 2. The zero-order valence-electron chi connectivity index (χ0n) is 13.4. The summed E-state index contributed by atoms with van der Waals surface area (Å²) in [5.41, 5.74) is 0.543. The molecular formula is C17H20FN3O2. The van der Waals surface area contributed by atoms with Crippen LogP contribution in [0.2, 0.25) is 0 Å². The fourth-order valence-corrected chi connectivity index (χ4v) is 2.26. The number of amides is 1. The maximum absolute atomic E-state index is 13.1. The van der Waals surface area contributed by atoms with E-state index in [1.54, 1.807) is 12.1 Å². The van der Waals surface area contributed by atoms with Crippen molar-refractivity contribution < 1.29 is 9.18 Å². The number of hydrogen-bond donors (Lipinski definition) is 2. The monoisotopic (exact) mass is 317 g/mol. The van der Waals surface area contributed by atoms with E-state index in [-0.39, 0.29) is 34.4 Å². The van der Waals surface area contributed by atoms with Crippen molar-refractivity contribution in [3.8, 4) is 0 Å². The largest absolute Gasteiger partial charge is 0.344 e. The zero-order valence-corrected chi connectivity index (χ0v) is 13.4. The molecule has 2 rings (SSSR count). The van der Waals surface area contributed by atoms with Crippen LogP contribution >= 0.6 is 0 Å². The lowest BCUT2D eigenvalue weighted by atomic mass is 9.85. The van der Waals surface area contributed by atoms with Crippen LogP contribution in [0.15, 0.2) is 41.2 Å². The molecule has 23 heavy (non-hydrogen) atoms. The van der Waals surface area contributed by atoms with Crippen molar-refractivity contribution in [2.24, 2.45) is 5.41 Å². The summed E-state index contributed by atoms with van der Waals surface area (Å²) in [6.45, 7) is 6.19. The molecule has 1 atom stereocenters. The Kier molecular flexibility index (Phi) is 4.93. The van der Waals surface area contributed by atoms with Gasteiger partial charge in [-0.1, -0.05) is 32.9 Å². The molecule has 0 radical (unpaired) electrons. The van der Waals surface area contributed by atoms with Gasteiger partial charge < -0.3 is 5.32 Å². The minimum atomic E-state index is -0.389. The first-order chi connectivity index (χ1) is 10.7. The van der Waals surface area contributed by atoms with E-state index in [1.165, 1.54) is 24.3 Å². The van der Waals surface area contributed by atoms with Gasteiger partial charge in [-0.3, -0.25) is 9.59 Å². The van der Waals surface area contributed by atoms with Crippen molar-refractivity contribution in [2.75, 3.05) is 0 Å². The van der Waals surface area contributed by atoms with Gasteiger partial charge in [-0.05, 0) is 35.6 Å². The van der Waals surface area contributed by atoms with Gasteiger partial charge in [0.05, 0.1) is 6.04 Å². The molecule has 0 fully saturated rings. The molecule has 0 aliphatic carbocycles. The molecule has 0 aliphatic heterocycles. The third kappa shape index (κ3) is 5.02. The molecule has 2 aromatic rings. The molecule has 0 spiro atoms. The Balaban J connectivity index is 2.23. The number of carbonyl (C=O) groups is 1. The van der Waals surface area contributed by atoms with Gasteiger partial charge in [-0.15, -0.1) is 0 Å². The molecular weight excluding hydrogens is 297 g/mol. The van der Waals surface area contributed by atoms with Crippen molar-refractivity contribution in [3.05, 3.63) is 63.8 Å². The molecule has 6 heteroatoms. The number of carbonyl (C=O) groups excluding carboxylic acids is 1. The van der Waals surface area contributed by atoms with Gasteiger partial charge in [0.25, 0.3) is 11.5 Å². The van der Waals surface area contributed by atoms with Crippen LogP contribution in [0.1, 0.15) is 49.3 Å². The Labute approximate surface area is 133 Å². The molecule has 0 saturated carbocycles. The third-order valence-electron chi connectivity index (χ3n) is 3.31. The van der Waals surface area contributed by atoms with E-state index >= 15 is 0 Å². The van der Waals surface area contributed by atoms with Gasteiger partial charge in [-0.25, -0.2) is 9.49 Å². The fourth-order valence-electron chi connectivity index (χ4n) is 2.26. The number of nitrogens with one attached hydrogen (secondary N) is 2. The second kappa shape index (κ2) is 6.73. The van der Waals surface area contributed by atoms with Gasteiger partial charge in [0.15, 0.2) is 0 Å². The number of halogens is 1. The first-order valence-electron chi connectivity index (χ1n) is 7.37. The Morgan fingerprint density at radius 2 is 1.87 bits per heavy atom. The molecule has 0 unspecified atom stereocenters. The van der Waals surface area contributed by atoms with Crippen molar-refractivity contribution in [1.29, 1.82) is 0 Å². The molecule has 2 N–H and O–H groups in total. The first-order valence-corrected chi connectivity index (χ1v) is 7.37. The third-order valence-corrected chi connectivity index (χ3v) is 3.31. The predicted octanol–water partition coefficient (Wildman–Crippen LogP) is 2.82. The summed E-state index contributed by atoms with van der Waals surface area (Å²) >= 11 is 0. The summed E-state index contributed by atoms with van der Waals surface area (Å²) in [7, 11) is 0. The average molecular weight is 317 g/mol. The van der Waals surface area contributed by atoms with Crippen LogP contribution in [0, 0.1) is 11.2 Å².